The highest BCUT2D eigenvalue weighted by Crippen LogP contribution is 2.25. The van der Waals surface area contributed by atoms with E-state index in [1.807, 2.05) is 48.5 Å². The molecule has 0 atom stereocenters. The van der Waals surface area contributed by atoms with Gasteiger partial charge in [0.15, 0.2) is 0 Å². The summed E-state index contributed by atoms with van der Waals surface area (Å²) < 4.78 is 23.8. The highest BCUT2D eigenvalue weighted by atomic mass is 32.2. The highest BCUT2D eigenvalue weighted by molar-refractivity contribution is 8.03. The zero-order valence-electron chi connectivity index (χ0n) is 18.5. The standard InChI is InChI=1S/C25H32O5S/c1-25(2,27)31(3,28)16-10-5-4-9-15-29-21-14-13-20-17-22(19-11-7-6-8-12-19)24(26)30-23(20)18-21/h6-8,11-14,17-18,27,31H,4-5,9-10,15-16H2,1-3H3. The molecule has 0 bridgehead atoms. The van der Waals surface area contributed by atoms with E-state index in [1.54, 1.807) is 26.2 Å². The molecule has 0 aliphatic heterocycles. The van der Waals surface area contributed by atoms with E-state index >= 15 is 0 Å². The Morgan fingerprint density at radius 3 is 2.42 bits per heavy atom. The number of fused-ring (bicyclic) bond motifs is 1. The SMILES string of the molecule is CC(C)(O)[SH](C)(=O)CCCCCCOc1ccc2cc(-c3ccccc3)c(=O)oc2c1. The number of rotatable bonds is 10. The Balaban J connectivity index is 1.50. The summed E-state index contributed by atoms with van der Waals surface area (Å²) in [6.45, 7) is 3.80. The summed E-state index contributed by atoms with van der Waals surface area (Å²) in [4.78, 5) is 11.3. The third-order valence-electron chi connectivity index (χ3n) is 5.70. The number of thiol groups is 1. The van der Waals surface area contributed by atoms with E-state index in [-0.39, 0.29) is 5.63 Å². The summed E-state index contributed by atoms with van der Waals surface area (Å²) in [5, 5.41) is 10.8. The molecule has 1 heterocycles. The molecule has 0 aliphatic carbocycles. The van der Waals surface area contributed by atoms with E-state index in [0.717, 1.165) is 36.6 Å². The summed E-state index contributed by atoms with van der Waals surface area (Å²) in [6.07, 6.45) is 5.31. The monoisotopic (exact) mass is 444 g/mol. The summed E-state index contributed by atoms with van der Waals surface area (Å²) in [7, 11) is -2.54. The minimum atomic E-state index is -2.54. The van der Waals surface area contributed by atoms with Crippen LogP contribution in [0.15, 0.2) is 63.8 Å². The number of hydrogen-bond acceptors (Lipinski definition) is 5. The summed E-state index contributed by atoms with van der Waals surface area (Å²) in [6, 6.07) is 16.9. The number of benzene rings is 2. The van der Waals surface area contributed by atoms with Crippen molar-refractivity contribution >= 4 is 20.9 Å². The molecule has 3 rings (SSSR count). The van der Waals surface area contributed by atoms with Gasteiger partial charge in [0.2, 0.25) is 0 Å². The number of hydrogen-bond donors (Lipinski definition) is 2. The molecule has 168 valence electrons. The van der Waals surface area contributed by atoms with Crippen LogP contribution in [0.5, 0.6) is 5.75 Å². The fraction of sp³-hybridized carbons (Fsp3) is 0.400. The van der Waals surface area contributed by atoms with E-state index in [0.29, 0.717) is 29.3 Å². The molecule has 3 aromatic rings. The Hall–Kier alpha value is -2.44. The van der Waals surface area contributed by atoms with Crippen LogP contribution in [0.3, 0.4) is 0 Å². The van der Waals surface area contributed by atoms with Crippen LogP contribution in [0.1, 0.15) is 39.5 Å². The van der Waals surface area contributed by atoms with Gasteiger partial charge < -0.3 is 14.3 Å². The number of aliphatic hydroxyl groups is 1. The van der Waals surface area contributed by atoms with Crippen molar-refractivity contribution in [3.05, 3.63) is 65.0 Å². The summed E-state index contributed by atoms with van der Waals surface area (Å²) >= 11 is 0. The highest BCUT2D eigenvalue weighted by Gasteiger charge is 2.27. The second kappa shape index (κ2) is 9.79. The smallest absolute Gasteiger partial charge is 0.344 e. The van der Waals surface area contributed by atoms with Gasteiger partial charge in [-0.25, -0.2) is 4.79 Å². The third-order valence-corrected chi connectivity index (χ3v) is 9.18. The lowest BCUT2D eigenvalue weighted by Crippen LogP contribution is -2.39. The lowest BCUT2D eigenvalue weighted by atomic mass is 10.1. The fourth-order valence-corrected chi connectivity index (χ4v) is 4.71. The summed E-state index contributed by atoms with van der Waals surface area (Å²) in [5.74, 6) is 1.23. The van der Waals surface area contributed by atoms with Gasteiger partial charge in [0.05, 0.1) is 12.2 Å². The molecule has 6 heteroatoms. The van der Waals surface area contributed by atoms with E-state index in [1.165, 1.54) is 0 Å². The van der Waals surface area contributed by atoms with Crippen molar-refractivity contribution in [2.75, 3.05) is 18.6 Å². The van der Waals surface area contributed by atoms with Crippen molar-refractivity contribution in [1.82, 2.24) is 0 Å². The third kappa shape index (κ3) is 6.05. The maximum Gasteiger partial charge on any atom is 0.344 e. The molecule has 2 aromatic carbocycles. The topological polar surface area (TPSA) is 76.7 Å². The van der Waals surface area contributed by atoms with Crippen molar-refractivity contribution in [1.29, 1.82) is 0 Å². The minimum Gasteiger partial charge on any atom is -0.493 e. The molecule has 0 saturated carbocycles. The Morgan fingerprint density at radius 1 is 1.00 bits per heavy atom. The van der Waals surface area contributed by atoms with Crippen molar-refractivity contribution in [2.45, 2.75) is 44.5 Å². The van der Waals surface area contributed by atoms with Crippen LogP contribution in [-0.2, 0) is 9.93 Å². The van der Waals surface area contributed by atoms with Crippen LogP contribution in [0, 0.1) is 0 Å². The predicted octanol–water partition coefficient (Wildman–Crippen LogP) is 4.77. The molecule has 0 radical (unpaired) electrons. The quantitative estimate of drug-likeness (QED) is 0.267. The largest absolute Gasteiger partial charge is 0.493 e. The molecule has 1 N–H and O–H groups in total. The van der Waals surface area contributed by atoms with E-state index in [2.05, 4.69) is 0 Å². The Kier molecular flexibility index (Phi) is 7.34. The molecule has 5 nitrogen and oxygen atoms in total. The van der Waals surface area contributed by atoms with Crippen LogP contribution in [0.2, 0.25) is 0 Å². The maximum atomic E-state index is 12.4. The van der Waals surface area contributed by atoms with E-state index in [9.17, 15) is 14.1 Å². The van der Waals surface area contributed by atoms with Crippen LogP contribution in [0.25, 0.3) is 22.1 Å². The first-order valence-corrected chi connectivity index (χ1v) is 13.1. The predicted molar refractivity (Wildman–Crippen MR) is 129 cm³/mol. The van der Waals surface area contributed by atoms with Gasteiger partial charge in [-0.2, -0.15) is 0 Å². The van der Waals surface area contributed by atoms with Gasteiger partial charge in [-0.1, -0.05) is 53.1 Å². The molecule has 1 aromatic heterocycles. The van der Waals surface area contributed by atoms with Crippen LogP contribution >= 0.6 is 0 Å². The minimum absolute atomic E-state index is 0.366. The van der Waals surface area contributed by atoms with Crippen molar-refractivity contribution in [3.63, 3.8) is 0 Å². The molecule has 0 saturated heterocycles. The van der Waals surface area contributed by atoms with E-state index in [4.69, 9.17) is 9.15 Å². The van der Waals surface area contributed by atoms with Crippen molar-refractivity contribution in [2.24, 2.45) is 0 Å². The van der Waals surface area contributed by atoms with Gasteiger partial charge in [0.25, 0.3) is 0 Å². The van der Waals surface area contributed by atoms with E-state index < -0.39 is 14.9 Å². The zero-order chi connectivity index (χ0) is 22.5. The molecular weight excluding hydrogens is 412 g/mol. The molecule has 0 amide bonds. The fourth-order valence-electron chi connectivity index (χ4n) is 3.33. The second-order valence-corrected chi connectivity index (χ2v) is 12.3. The van der Waals surface area contributed by atoms with Gasteiger partial charge in [-0.05, 0) is 56.7 Å². The Bertz CT molecular complexity index is 1110. The average molecular weight is 445 g/mol. The summed E-state index contributed by atoms with van der Waals surface area (Å²) in [5.41, 5.74) is 1.52. The normalized spacial score (nSPS) is 12.8. The maximum absolute atomic E-state index is 12.4. The first-order chi connectivity index (χ1) is 14.7. The van der Waals surface area contributed by atoms with Crippen LogP contribution in [-0.4, -0.2) is 32.9 Å². The number of ether oxygens (including phenoxy) is 1. The first-order valence-electron chi connectivity index (χ1n) is 10.7. The average Bonchev–Trinajstić information content (AvgIpc) is 2.72. The van der Waals surface area contributed by atoms with Gasteiger partial charge >= 0.3 is 5.63 Å². The molecule has 0 aliphatic rings. The van der Waals surface area contributed by atoms with Crippen molar-refractivity contribution < 1.29 is 18.5 Å². The second-order valence-electron chi connectivity index (χ2n) is 8.59. The van der Waals surface area contributed by atoms with Gasteiger partial charge in [-0.3, -0.25) is 4.21 Å². The molecule has 0 unspecified atom stereocenters. The van der Waals surface area contributed by atoms with Crippen molar-refractivity contribution in [3.8, 4) is 16.9 Å². The van der Waals surface area contributed by atoms with Gasteiger partial charge in [-0.15, -0.1) is 0 Å². The number of unbranched alkanes of at least 4 members (excludes halogenated alkanes) is 3. The van der Waals surface area contributed by atoms with Gasteiger partial charge in [0.1, 0.15) is 16.3 Å². The van der Waals surface area contributed by atoms with Crippen LogP contribution in [0.4, 0.5) is 0 Å². The molecule has 0 spiro atoms. The molecule has 31 heavy (non-hydrogen) atoms. The Labute approximate surface area is 184 Å². The first kappa shape index (κ1) is 23.2. The molecular formula is C25H32O5S. The molecule has 0 fully saturated rings. The van der Waals surface area contributed by atoms with Gasteiger partial charge in [0, 0.05) is 17.2 Å². The van der Waals surface area contributed by atoms with Crippen LogP contribution < -0.4 is 10.4 Å². The lowest BCUT2D eigenvalue weighted by Gasteiger charge is -2.31. The zero-order valence-corrected chi connectivity index (χ0v) is 19.4. The lowest BCUT2D eigenvalue weighted by molar-refractivity contribution is 0.169. The Morgan fingerprint density at radius 2 is 1.71 bits per heavy atom.